The fourth-order valence-electron chi connectivity index (χ4n) is 8.10. The Morgan fingerprint density at radius 3 is 1.64 bits per heavy atom. The van der Waals surface area contributed by atoms with Crippen LogP contribution in [0.15, 0.2) is 18.2 Å². The average molecular weight is 689 g/mol. The molecule has 0 amide bonds. The van der Waals surface area contributed by atoms with Crippen molar-refractivity contribution in [3.05, 3.63) is 28.8 Å². The fraction of sp³-hybridized carbons (Fsp3) is 0.788. The number of aliphatic hydroxyl groups excluding tert-OH is 1. The topological polar surface area (TPSA) is 113 Å². The second-order valence-electron chi connectivity index (χ2n) is 14.4. The number of ether oxygens (including phenoxy) is 4. The van der Waals surface area contributed by atoms with Gasteiger partial charge in [0, 0.05) is 5.56 Å². The van der Waals surface area contributed by atoms with E-state index >= 15 is 0 Å². The predicted octanol–water partition coefficient (Wildman–Crippen LogP) is 8.06. The van der Waals surface area contributed by atoms with Gasteiger partial charge in [0.05, 0.1) is 18.2 Å². The third-order valence-corrected chi connectivity index (χ3v) is 22.4. The van der Waals surface area contributed by atoms with E-state index in [9.17, 15) is 15.0 Å². The Balaban J connectivity index is 2.13. The molecule has 2 aliphatic rings. The molecule has 45 heavy (non-hydrogen) atoms. The molecule has 9 nitrogen and oxygen atoms in total. The highest BCUT2D eigenvalue weighted by Crippen LogP contribution is 2.48. The van der Waals surface area contributed by atoms with Gasteiger partial charge in [-0.05, 0) is 45.4 Å². The van der Waals surface area contributed by atoms with Gasteiger partial charge in [0.25, 0.3) is 0 Å². The van der Waals surface area contributed by atoms with Crippen LogP contribution in [0.25, 0.3) is 0 Å². The number of carboxylic acids is 1. The Labute approximate surface area is 277 Å². The van der Waals surface area contributed by atoms with E-state index in [2.05, 4.69) is 83.1 Å². The first kappa shape index (κ1) is 38.4. The summed E-state index contributed by atoms with van der Waals surface area (Å²) in [7, 11) is -5.29. The van der Waals surface area contributed by atoms with Gasteiger partial charge in [-0.2, -0.15) is 0 Å². The van der Waals surface area contributed by atoms with Crippen LogP contribution in [0, 0.1) is 0 Å². The Morgan fingerprint density at radius 1 is 0.800 bits per heavy atom. The lowest BCUT2D eigenvalue weighted by molar-refractivity contribution is -0.265. The Kier molecular flexibility index (Phi) is 13.2. The van der Waals surface area contributed by atoms with Crippen molar-refractivity contribution < 1.29 is 42.8 Å². The molecule has 5 atom stereocenters. The zero-order valence-electron chi connectivity index (χ0n) is 29.2. The maximum Gasteiger partial charge on any atom is 0.335 e. The first-order chi connectivity index (χ1) is 20.9. The number of hydrogen-bond acceptors (Lipinski definition) is 8. The highest BCUT2D eigenvalue weighted by atomic mass is 35.5. The van der Waals surface area contributed by atoms with E-state index in [1.165, 1.54) is 0 Å². The number of halogens is 1. The molecule has 0 aromatic heterocycles. The molecule has 3 rings (SSSR count). The first-order valence-electron chi connectivity index (χ1n) is 16.5. The average Bonchev–Trinajstić information content (AvgIpc) is 3.47. The van der Waals surface area contributed by atoms with Crippen molar-refractivity contribution in [3.8, 4) is 5.75 Å². The van der Waals surface area contributed by atoms with Crippen LogP contribution < -0.4 is 4.74 Å². The number of rotatable bonds is 14. The molecule has 0 unspecified atom stereocenters. The molecular formula is C33H57ClO9Si2. The van der Waals surface area contributed by atoms with E-state index < -0.39 is 59.6 Å². The van der Waals surface area contributed by atoms with Crippen molar-refractivity contribution in [2.45, 2.75) is 153 Å². The van der Waals surface area contributed by atoms with E-state index in [0.29, 0.717) is 13.2 Å². The molecule has 0 bridgehead atoms. The Hall–Kier alpha value is -1.03. The van der Waals surface area contributed by atoms with Crippen molar-refractivity contribution in [1.82, 2.24) is 0 Å². The molecular weight excluding hydrogens is 632 g/mol. The van der Waals surface area contributed by atoms with Crippen LogP contribution in [0.1, 0.15) is 94.9 Å². The summed E-state index contributed by atoms with van der Waals surface area (Å²) >= 11 is 6.69. The molecule has 12 heteroatoms. The molecule has 2 saturated heterocycles. The lowest BCUT2D eigenvalue weighted by atomic mass is 9.99. The summed E-state index contributed by atoms with van der Waals surface area (Å²) in [4.78, 5) is 12.8. The first-order valence-corrected chi connectivity index (χ1v) is 21.2. The second kappa shape index (κ2) is 15.5. The minimum atomic E-state index is -2.66. The molecule has 1 aromatic rings. The molecule has 258 valence electrons. The molecule has 0 saturated carbocycles. The van der Waals surface area contributed by atoms with Gasteiger partial charge in [-0.1, -0.05) is 101 Å². The van der Waals surface area contributed by atoms with Gasteiger partial charge < -0.3 is 38.0 Å². The number of hydrogen-bond donors (Lipinski definition) is 2. The van der Waals surface area contributed by atoms with Crippen LogP contribution >= 0.6 is 11.6 Å². The molecule has 0 spiro atoms. The van der Waals surface area contributed by atoms with E-state index in [-0.39, 0.29) is 44.0 Å². The van der Waals surface area contributed by atoms with Crippen LogP contribution in [0.2, 0.25) is 38.3 Å². The number of carboxylic acid groups (broad SMARTS) is 1. The van der Waals surface area contributed by atoms with Gasteiger partial charge >= 0.3 is 5.97 Å². The molecule has 2 heterocycles. The van der Waals surface area contributed by atoms with E-state index in [1.807, 2.05) is 0 Å². The third-order valence-electron chi connectivity index (χ3n) is 9.95. The largest absolute Gasteiger partial charge is 0.479 e. The summed E-state index contributed by atoms with van der Waals surface area (Å²) in [5, 5.41) is 23.0. The van der Waals surface area contributed by atoms with Gasteiger partial charge in [0.15, 0.2) is 12.4 Å². The molecule has 1 aromatic carbocycles. The van der Waals surface area contributed by atoms with Crippen LogP contribution in [0.4, 0.5) is 0 Å². The van der Waals surface area contributed by atoms with Gasteiger partial charge in [0.2, 0.25) is 22.9 Å². The highest BCUT2D eigenvalue weighted by molar-refractivity contribution is 6.78. The summed E-state index contributed by atoms with van der Waals surface area (Å²) in [5.41, 5.74) is 1.78. The van der Waals surface area contributed by atoms with Gasteiger partial charge in [-0.15, -0.1) is 0 Å². The molecule has 2 fully saturated rings. The summed E-state index contributed by atoms with van der Waals surface area (Å²) in [6.45, 7) is 26.7. The molecule has 0 aliphatic carbocycles. The molecule has 2 N–H and O–H groups in total. The molecule has 2 aliphatic heterocycles. The zero-order chi connectivity index (χ0) is 34.0. The molecule has 0 radical (unpaired) electrons. The smallest absolute Gasteiger partial charge is 0.335 e. The summed E-state index contributed by atoms with van der Waals surface area (Å²) < 4.78 is 38.0. The highest BCUT2D eigenvalue weighted by Gasteiger charge is 2.58. The van der Waals surface area contributed by atoms with E-state index in [1.54, 1.807) is 18.2 Å². The third kappa shape index (κ3) is 7.67. The lowest BCUT2D eigenvalue weighted by Crippen LogP contribution is -2.68. The van der Waals surface area contributed by atoms with Crippen molar-refractivity contribution in [3.63, 3.8) is 0 Å². The fourth-order valence-corrected chi connectivity index (χ4v) is 19.4. The van der Waals surface area contributed by atoms with E-state index in [0.717, 1.165) is 5.56 Å². The summed E-state index contributed by atoms with van der Waals surface area (Å²) in [6.07, 6.45) is -6.79. The van der Waals surface area contributed by atoms with Gasteiger partial charge in [0.1, 0.15) is 24.1 Å². The predicted molar refractivity (Wildman–Crippen MR) is 181 cm³/mol. The van der Waals surface area contributed by atoms with Crippen molar-refractivity contribution in [1.29, 1.82) is 0 Å². The maximum absolute atomic E-state index is 12.8. The quantitative estimate of drug-likeness (QED) is 0.187. The van der Waals surface area contributed by atoms with Crippen LogP contribution in [0.5, 0.6) is 5.75 Å². The standard InChI is InChI=1S/C33H57ClO9Si2/c1-18(2)44(19(3)4,20(5)6)42-28-27(35)29(43-45(21(7)8,22(9)10)23(11)12)33(41-30(28)31(36)37)40-26-14-13-24(17-25(26)34)32-38-15-16-39-32/h13-14,17-23,27-30,32-33,35H,15-16H2,1-12H3,(H,36,37)/t27-,28-,29+,30-,33+/m0/s1. The number of aliphatic carboxylic acids is 1. The Bertz CT molecular complexity index is 1080. The monoisotopic (exact) mass is 688 g/mol. The van der Waals surface area contributed by atoms with Crippen LogP contribution in [0.3, 0.4) is 0 Å². The lowest BCUT2D eigenvalue weighted by Gasteiger charge is -2.52. The number of aliphatic hydroxyl groups is 1. The van der Waals surface area contributed by atoms with Crippen LogP contribution in [-0.2, 0) is 27.9 Å². The number of benzene rings is 1. The SMILES string of the molecule is CC(C)[Si](O[C@H]1[C@H](Oc2ccc(C3OCCO3)cc2Cl)O[C@H](C(=O)O)[C@@H](O[Si](C(C)C)(C(C)C)C(C)C)[C@@H]1O)(C(C)C)C(C)C. The van der Waals surface area contributed by atoms with Gasteiger partial charge in [-0.3, -0.25) is 0 Å². The van der Waals surface area contributed by atoms with Crippen molar-refractivity contribution >= 4 is 34.2 Å². The van der Waals surface area contributed by atoms with Crippen molar-refractivity contribution in [2.75, 3.05) is 13.2 Å². The normalized spacial score (nSPS) is 25.5. The maximum atomic E-state index is 12.8. The summed E-state index contributed by atoms with van der Waals surface area (Å²) in [6, 6.07) is 5.17. The van der Waals surface area contributed by atoms with E-state index in [4.69, 9.17) is 39.4 Å². The minimum Gasteiger partial charge on any atom is -0.479 e. The minimum absolute atomic E-state index is 0.160. The Morgan fingerprint density at radius 2 is 1.24 bits per heavy atom. The van der Waals surface area contributed by atoms with Crippen LogP contribution in [-0.4, -0.2) is 76.7 Å². The number of carbonyl (C=O) groups is 1. The second-order valence-corrected chi connectivity index (χ2v) is 25.7. The van der Waals surface area contributed by atoms with Gasteiger partial charge in [-0.25, -0.2) is 4.79 Å². The summed E-state index contributed by atoms with van der Waals surface area (Å²) in [5.74, 6) is -0.962. The zero-order valence-corrected chi connectivity index (χ0v) is 32.0. The van der Waals surface area contributed by atoms with Crippen molar-refractivity contribution in [2.24, 2.45) is 0 Å².